The van der Waals surface area contributed by atoms with Crippen molar-refractivity contribution < 1.29 is 0 Å². The van der Waals surface area contributed by atoms with Gasteiger partial charge in [0, 0.05) is 28.1 Å². The molecule has 29 heavy (non-hydrogen) atoms. The largest absolute Gasteiger partial charge is 0.355 e. The quantitative estimate of drug-likeness (QED) is 0.424. The van der Waals surface area contributed by atoms with Crippen LogP contribution in [0.25, 0.3) is 0 Å². The van der Waals surface area contributed by atoms with Gasteiger partial charge in [-0.05, 0) is 43.3 Å². The first kappa shape index (κ1) is 20.0. The second-order valence-corrected chi connectivity index (χ2v) is 9.85. The van der Waals surface area contributed by atoms with Crippen molar-refractivity contribution in [3.05, 3.63) is 64.4 Å². The van der Waals surface area contributed by atoms with E-state index in [0.717, 1.165) is 30.7 Å². The van der Waals surface area contributed by atoms with E-state index < -0.39 is 0 Å². The van der Waals surface area contributed by atoms with E-state index in [0.29, 0.717) is 6.54 Å². The average molecular weight is 427 g/mol. The average Bonchev–Trinajstić information content (AvgIpc) is 3.14. The van der Waals surface area contributed by atoms with E-state index >= 15 is 0 Å². The molecule has 0 aliphatic heterocycles. The van der Waals surface area contributed by atoms with Crippen LogP contribution in [0.5, 0.6) is 0 Å². The number of thiophene rings is 1. The number of hydrogen-bond donors (Lipinski definition) is 2. The van der Waals surface area contributed by atoms with E-state index in [1.54, 1.807) is 11.3 Å². The van der Waals surface area contributed by atoms with Crippen LogP contribution < -0.4 is 10.6 Å². The van der Waals surface area contributed by atoms with E-state index in [2.05, 4.69) is 68.7 Å². The van der Waals surface area contributed by atoms with Crippen molar-refractivity contribution in [2.75, 3.05) is 6.54 Å². The molecule has 0 unspecified atom stereocenters. The summed E-state index contributed by atoms with van der Waals surface area (Å²) in [7, 11) is 1.97. The molecule has 0 atom stereocenters. The highest BCUT2D eigenvalue weighted by Crippen LogP contribution is 2.51. The Morgan fingerprint density at radius 3 is 2.66 bits per heavy atom. The Morgan fingerprint density at radius 2 is 2.00 bits per heavy atom. The molecule has 1 fully saturated rings. The van der Waals surface area contributed by atoms with Crippen LogP contribution in [0.2, 0.25) is 0 Å². The van der Waals surface area contributed by atoms with E-state index in [4.69, 9.17) is 4.99 Å². The van der Waals surface area contributed by atoms with Gasteiger partial charge in [0.2, 0.25) is 0 Å². The lowest BCUT2D eigenvalue weighted by molar-refractivity contribution is 0.739. The maximum absolute atomic E-state index is 4.77. The molecule has 3 aromatic rings. The molecule has 1 aromatic carbocycles. The van der Waals surface area contributed by atoms with Gasteiger partial charge in [-0.15, -0.1) is 33.3 Å². The van der Waals surface area contributed by atoms with Crippen LogP contribution in [0.1, 0.15) is 29.4 Å². The second kappa shape index (κ2) is 9.00. The van der Waals surface area contributed by atoms with Crippen molar-refractivity contribution in [3.63, 3.8) is 0 Å². The smallest absolute Gasteiger partial charge is 0.192 e. The molecular formula is C21H26N6S2. The molecular weight excluding hydrogens is 400 g/mol. The highest BCUT2D eigenvalue weighted by Gasteiger charge is 2.43. The predicted octanol–water partition coefficient (Wildman–Crippen LogP) is 3.75. The number of guanidine groups is 1. The Balaban J connectivity index is 1.40. The van der Waals surface area contributed by atoms with Gasteiger partial charge in [-0.1, -0.05) is 24.3 Å². The third-order valence-corrected chi connectivity index (χ3v) is 7.40. The van der Waals surface area contributed by atoms with E-state index in [-0.39, 0.29) is 4.75 Å². The van der Waals surface area contributed by atoms with Gasteiger partial charge >= 0.3 is 0 Å². The molecule has 2 heterocycles. The number of rotatable bonds is 8. The lowest BCUT2D eigenvalue weighted by Gasteiger charge is -2.18. The third kappa shape index (κ3) is 5.39. The number of aromatic nitrogens is 3. The molecule has 0 spiro atoms. The van der Waals surface area contributed by atoms with E-state index in [9.17, 15) is 0 Å². The zero-order valence-electron chi connectivity index (χ0n) is 16.8. The number of aliphatic imine (C=N–C) groups is 1. The van der Waals surface area contributed by atoms with Crippen LogP contribution in [-0.4, -0.2) is 32.0 Å². The minimum atomic E-state index is 0.258. The molecule has 8 heteroatoms. The standard InChI is InChI=1S/C21H26N6S2/c1-16-25-26-19(27(16)2)14-23-20(22-13-18-9-6-12-28-18)24-15-21(10-11-21)29-17-7-4-3-5-8-17/h3-9,12H,10-11,13-15H2,1-2H3,(H2,22,23,24). The van der Waals surface area contributed by atoms with Crippen LogP contribution in [-0.2, 0) is 20.1 Å². The number of nitrogens with zero attached hydrogens (tertiary/aromatic N) is 4. The molecule has 6 nitrogen and oxygen atoms in total. The van der Waals surface area contributed by atoms with Crippen molar-refractivity contribution in [3.8, 4) is 0 Å². The van der Waals surface area contributed by atoms with Gasteiger partial charge in [-0.2, -0.15) is 0 Å². The van der Waals surface area contributed by atoms with Gasteiger partial charge < -0.3 is 15.2 Å². The molecule has 0 radical (unpaired) electrons. The summed E-state index contributed by atoms with van der Waals surface area (Å²) >= 11 is 3.71. The molecule has 1 aliphatic carbocycles. The van der Waals surface area contributed by atoms with Gasteiger partial charge in [-0.3, -0.25) is 0 Å². The molecule has 4 rings (SSSR count). The topological polar surface area (TPSA) is 67.1 Å². The first-order chi connectivity index (χ1) is 14.1. The molecule has 2 aromatic heterocycles. The molecule has 0 saturated heterocycles. The SMILES string of the molecule is Cc1nnc(CN=C(NCc2cccs2)NCC2(Sc3ccccc3)CC2)n1C. The van der Waals surface area contributed by atoms with Crippen molar-refractivity contribution in [1.29, 1.82) is 0 Å². The van der Waals surface area contributed by atoms with Crippen molar-refractivity contribution in [2.24, 2.45) is 12.0 Å². The number of nitrogens with one attached hydrogen (secondary N) is 2. The summed E-state index contributed by atoms with van der Waals surface area (Å²) in [5, 5.41) is 17.5. The fraction of sp³-hybridized carbons (Fsp3) is 0.381. The van der Waals surface area contributed by atoms with Gasteiger partial charge in [0.25, 0.3) is 0 Å². The molecule has 152 valence electrons. The zero-order chi connectivity index (χ0) is 20.1. The van der Waals surface area contributed by atoms with E-state index in [1.807, 2.05) is 30.3 Å². The van der Waals surface area contributed by atoms with Crippen molar-refractivity contribution in [1.82, 2.24) is 25.4 Å². The van der Waals surface area contributed by atoms with Crippen LogP contribution >= 0.6 is 23.1 Å². The predicted molar refractivity (Wildman–Crippen MR) is 120 cm³/mol. The van der Waals surface area contributed by atoms with Crippen LogP contribution in [0.15, 0.2) is 57.7 Å². The number of thioether (sulfide) groups is 1. The van der Waals surface area contributed by atoms with Gasteiger partial charge in [0.05, 0.1) is 6.54 Å². The molecule has 0 bridgehead atoms. The Labute approximate surface area is 179 Å². The van der Waals surface area contributed by atoms with E-state index in [1.165, 1.54) is 22.6 Å². The van der Waals surface area contributed by atoms with Crippen molar-refractivity contribution >= 4 is 29.1 Å². The zero-order valence-corrected chi connectivity index (χ0v) is 18.4. The summed E-state index contributed by atoms with van der Waals surface area (Å²) in [6.07, 6.45) is 2.44. The summed E-state index contributed by atoms with van der Waals surface area (Å²) in [4.78, 5) is 7.38. The summed E-state index contributed by atoms with van der Waals surface area (Å²) in [5.74, 6) is 2.57. The Bertz CT molecular complexity index is 945. The lowest BCUT2D eigenvalue weighted by Crippen LogP contribution is -2.41. The maximum atomic E-state index is 4.77. The van der Waals surface area contributed by atoms with Crippen LogP contribution in [0.4, 0.5) is 0 Å². The Hall–Kier alpha value is -2.32. The summed E-state index contributed by atoms with van der Waals surface area (Å²) in [6, 6.07) is 14.8. The molecule has 0 amide bonds. The summed E-state index contributed by atoms with van der Waals surface area (Å²) in [6.45, 7) is 4.10. The normalized spacial score (nSPS) is 15.3. The molecule has 2 N–H and O–H groups in total. The Kier molecular flexibility index (Phi) is 6.20. The number of hydrogen-bond acceptors (Lipinski definition) is 5. The third-order valence-electron chi connectivity index (χ3n) is 5.03. The maximum Gasteiger partial charge on any atom is 0.192 e. The fourth-order valence-electron chi connectivity index (χ4n) is 2.93. The van der Waals surface area contributed by atoms with Gasteiger partial charge in [0.1, 0.15) is 12.4 Å². The lowest BCUT2D eigenvalue weighted by atomic mass is 10.4. The molecule has 1 saturated carbocycles. The molecule has 1 aliphatic rings. The highest BCUT2D eigenvalue weighted by molar-refractivity contribution is 8.01. The monoisotopic (exact) mass is 426 g/mol. The van der Waals surface area contributed by atoms with Gasteiger partial charge in [-0.25, -0.2) is 4.99 Å². The first-order valence-electron chi connectivity index (χ1n) is 9.77. The summed E-state index contributed by atoms with van der Waals surface area (Å²) < 4.78 is 2.24. The minimum absolute atomic E-state index is 0.258. The first-order valence-corrected chi connectivity index (χ1v) is 11.5. The van der Waals surface area contributed by atoms with Gasteiger partial charge in [0.15, 0.2) is 11.8 Å². The minimum Gasteiger partial charge on any atom is -0.355 e. The number of aryl methyl sites for hydroxylation is 1. The fourth-order valence-corrected chi connectivity index (χ4v) is 4.82. The van der Waals surface area contributed by atoms with Crippen molar-refractivity contribution in [2.45, 2.75) is 42.5 Å². The van der Waals surface area contributed by atoms with Crippen LogP contribution in [0.3, 0.4) is 0 Å². The summed E-state index contributed by atoms with van der Waals surface area (Å²) in [5.41, 5.74) is 0. The Morgan fingerprint density at radius 1 is 1.17 bits per heavy atom. The number of benzene rings is 1. The highest BCUT2D eigenvalue weighted by atomic mass is 32.2. The van der Waals surface area contributed by atoms with Crippen LogP contribution in [0, 0.1) is 6.92 Å². The second-order valence-electron chi connectivity index (χ2n) is 7.27.